The number of amides is 1. The highest BCUT2D eigenvalue weighted by Gasteiger charge is 2.09. The summed E-state index contributed by atoms with van der Waals surface area (Å²) in [5.41, 5.74) is 3.48. The van der Waals surface area contributed by atoms with Crippen LogP contribution in [-0.4, -0.2) is 15.9 Å². The van der Waals surface area contributed by atoms with E-state index in [1.165, 1.54) is 0 Å². The Bertz CT molecular complexity index is 931. The second-order valence-electron chi connectivity index (χ2n) is 5.59. The number of H-pyrrole nitrogens is 1. The minimum absolute atomic E-state index is 0.120. The maximum atomic E-state index is 12.2. The van der Waals surface area contributed by atoms with Crippen molar-refractivity contribution in [2.75, 3.05) is 5.32 Å². The van der Waals surface area contributed by atoms with Gasteiger partial charge in [-0.25, -0.2) is 4.98 Å². The van der Waals surface area contributed by atoms with Crippen LogP contribution in [0.5, 0.6) is 0 Å². The molecule has 122 valence electrons. The Morgan fingerprint density at radius 1 is 1.12 bits per heavy atom. The second kappa shape index (κ2) is 7.08. The van der Waals surface area contributed by atoms with Crippen LogP contribution >= 0.6 is 0 Å². The number of fused-ring (bicyclic) bond motifs is 1. The number of rotatable bonds is 5. The molecule has 0 saturated heterocycles. The number of nitrogens with zero attached hydrogens (tertiary/aromatic N) is 1. The Labute approximate surface area is 139 Å². The first-order valence-corrected chi connectivity index (χ1v) is 8.03. The highest BCUT2D eigenvalue weighted by Crippen LogP contribution is 2.16. The number of aryl methyl sites for hydroxylation is 2. The van der Waals surface area contributed by atoms with Gasteiger partial charge in [-0.2, -0.15) is 0 Å². The summed E-state index contributed by atoms with van der Waals surface area (Å²) in [7, 11) is 0. The Hall–Kier alpha value is -2.95. The van der Waals surface area contributed by atoms with Gasteiger partial charge in [-0.05, 0) is 30.2 Å². The van der Waals surface area contributed by atoms with Gasteiger partial charge in [0.05, 0.1) is 11.0 Å². The summed E-state index contributed by atoms with van der Waals surface area (Å²) in [6, 6.07) is 15.1. The smallest absolute Gasteiger partial charge is 0.270 e. The van der Waals surface area contributed by atoms with E-state index in [1.807, 2.05) is 55.5 Å². The van der Waals surface area contributed by atoms with Crippen LogP contribution in [0.15, 0.2) is 53.3 Å². The van der Waals surface area contributed by atoms with Crippen LogP contribution in [0.1, 0.15) is 24.6 Å². The number of benzene rings is 2. The molecule has 0 bridgehead atoms. The second-order valence-corrected chi connectivity index (χ2v) is 5.59. The lowest BCUT2D eigenvalue weighted by Gasteiger charge is -2.09. The van der Waals surface area contributed by atoms with Gasteiger partial charge in [0.25, 0.3) is 5.56 Å². The van der Waals surface area contributed by atoms with E-state index in [-0.39, 0.29) is 17.9 Å². The minimum atomic E-state index is -0.240. The van der Waals surface area contributed by atoms with Gasteiger partial charge < -0.3 is 10.3 Å². The fourth-order valence-electron chi connectivity index (χ4n) is 2.63. The van der Waals surface area contributed by atoms with E-state index in [4.69, 9.17) is 0 Å². The van der Waals surface area contributed by atoms with Crippen LogP contribution in [0.4, 0.5) is 5.69 Å². The number of para-hydroxylation sites is 3. The average molecular weight is 321 g/mol. The molecule has 0 aliphatic rings. The zero-order valence-electron chi connectivity index (χ0n) is 13.5. The fourth-order valence-corrected chi connectivity index (χ4v) is 2.63. The minimum Gasteiger partial charge on any atom is -0.326 e. The number of anilines is 1. The lowest BCUT2D eigenvalue weighted by atomic mass is 10.1. The van der Waals surface area contributed by atoms with Crippen molar-refractivity contribution in [3.8, 4) is 0 Å². The third-order valence-electron chi connectivity index (χ3n) is 3.93. The molecule has 0 aliphatic carbocycles. The molecule has 5 nitrogen and oxygen atoms in total. The zero-order chi connectivity index (χ0) is 16.9. The van der Waals surface area contributed by atoms with Crippen molar-refractivity contribution in [1.82, 2.24) is 9.97 Å². The molecular weight excluding hydrogens is 302 g/mol. The summed E-state index contributed by atoms with van der Waals surface area (Å²) in [4.78, 5) is 31.4. The topological polar surface area (TPSA) is 74.8 Å². The first-order valence-electron chi connectivity index (χ1n) is 8.03. The number of aromatic nitrogens is 2. The first-order chi connectivity index (χ1) is 11.7. The van der Waals surface area contributed by atoms with E-state index in [9.17, 15) is 9.59 Å². The van der Waals surface area contributed by atoms with Crippen molar-refractivity contribution in [1.29, 1.82) is 0 Å². The molecule has 3 rings (SSSR count). The Morgan fingerprint density at radius 3 is 2.71 bits per heavy atom. The molecule has 24 heavy (non-hydrogen) atoms. The molecule has 0 fully saturated rings. The molecule has 2 N–H and O–H groups in total. The van der Waals surface area contributed by atoms with Crippen molar-refractivity contribution >= 4 is 22.6 Å². The molecule has 0 saturated carbocycles. The van der Waals surface area contributed by atoms with Gasteiger partial charge in [-0.3, -0.25) is 9.59 Å². The largest absolute Gasteiger partial charge is 0.326 e. The Morgan fingerprint density at radius 2 is 1.88 bits per heavy atom. The van der Waals surface area contributed by atoms with Gasteiger partial charge in [0.1, 0.15) is 5.69 Å². The van der Waals surface area contributed by atoms with Gasteiger partial charge in [-0.15, -0.1) is 0 Å². The summed E-state index contributed by atoms with van der Waals surface area (Å²) in [5.74, 6) is -0.120. The Balaban J connectivity index is 1.70. The monoisotopic (exact) mass is 321 g/mol. The number of carbonyl (C=O) groups is 1. The van der Waals surface area contributed by atoms with Gasteiger partial charge >= 0.3 is 0 Å². The molecule has 1 amide bonds. The number of hydrogen-bond donors (Lipinski definition) is 2. The van der Waals surface area contributed by atoms with Crippen LogP contribution < -0.4 is 10.9 Å². The van der Waals surface area contributed by atoms with Crippen molar-refractivity contribution in [3.63, 3.8) is 0 Å². The lowest BCUT2D eigenvalue weighted by molar-refractivity contribution is -0.116. The van der Waals surface area contributed by atoms with Crippen molar-refractivity contribution < 1.29 is 4.79 Å². The van der Waals surface area contributed by atoms with Gasteiger partial charge in [0.2, 0.25) is 5.91 Å². The number of nitrogens with one attached hydrogen (secondary N) is 2. The van der Waals surface area contributed by atoms with Crippen molar-refractivity contribution in [2.24, 2.45) is 0 Å². The Kier molecular flexibility index (Phi) is 4.70. The van der Waals surface area contributed by atoms with Crippen molar-refractivity contribution in [2.45, 2.75) is 26.2 Å². The average Bonchev–Trinajstić information content (AvgIpc) is 2.60. The van der Waals surface area contributed by atoms with Crippen LogP contribution in [0.2, 0.25) is 0 Å². The highest BCUT2D eigenvalue weighted by atomic mass is 16.1. The highest BCUT2D eigenvalue weighted by molar-refractivity contribution is 5.91. The molecule has 0 aliphatic heterocycles. The third-order valence-corrected chi connectivity index (χ3v) is 3.93. The van der Waals surface area contributed by atoms with E-state index in [0.717, 1.165) is 23.2 Å². The number of aromatic amines is 1. The normalized spacial score (nSPS) is 10.7. The quantitative estimate of drug-likeness (QED) is 0.758. The molecule has 5 heteroatoms. The molecule has 0 radical (unpaired) electrons. The SMILES string of the molecule is CCc1ccccc1NC(=O)CCc1nc2ccccc2[nH]c1=O. The van der Waals surface area contributed by atoms with Gasteiger partial charge in [-0.1, -0.05) is 37.3 Å². The third kappa shape index (κ3) is 3.51. The van der Waals surface area contributed by atoms with E-state index in [1.54, 1.807) is 0 Å². The van der Waals surface area contributed by atoms with Crippen LogP contribution in [0, 0.1) is 0 Å². The predicted octanol–water partition coefficient (Wildman–Crippen LogP) is 3.06. The summed E-state index contributed by atoms with van der Waals surface area (Å²) < 4.78 is 0. The molecule has 2 aromatic carbocycles. The summed E-state index contributed by atoms with van der Waals surface area (Å²) in [6.45, 7) is 2.05. The molecule has 1 aromatic heterocycles. The van der Waals surface area contributed by atoms with Crippen LogP contribution in [0.25, 0.3) is 11.0 Å². The summed E-state index contributed by atoms with van der Waals surface area (Å²) >= 11 is 0. The maximum absolute atomic E-state index is 12.2. The predicted molar refractivity (Wildman–Crippen MR) is 95.1 cm³/mol. The number of carbonyl (C=O) groups excluding carboxylic acids is 1. The maximum Gasteiger partial charge on any atom is 0.270 e. The van der Waals surface area contributed by atoms with Crippen LogP contribution in [0.3, 0.4) is 0 Å². The van der Waals surface area contributed by atoms with Crippen molar-refractivity contribution in [3.05, 3.63) is 70.1 Å². The lowest BCUT2D eigenvalue weighted by Crippen LogP contribution is -2.19. The van der Waals surface area contributed by atoms with E-state index in [2.05, 4.69) is 15.3 Å². The summed E-state index contributed by atoms with van der Waals surface area (Å²) in [6.07, 6.45) is 1.37. The van der Waals surface area contributed by atoms with Gasteiger partial charge in [0.15, 0.2) is 0 Å². The standard InChI is InChI=1S/C19H19N3O2/c1-2-13-7-3-4-8-14(13)21-18(23)12-11-17-19(24)22-16-10-6-5-9-15(16)20-17/h3-10H,2,11-12H2,1H3,(H,21,23)(H,22,24). The fraction of sp³-hybridized carbons (Fsp3) is 0.211. The number of hydrogen-bond acceptors (Lipinski definition) is 3. The molecule has 0 spiro atoms. The molecule has 0 atom stereocenters. The van der Waals surface area contributed by atoms with Gasteiger partial charge in [0, 0.05) is 18.5 Å². The van der Waals surface area contributed by atoms with E-state index in [0.29, 0.717) is 17.6 Å². The van der Waals surface area contributed by atoms with E-state index >= 15 is 0 Å². The summed E-state index contributed by atoms with van der Waals surface area (Å²) in [5, 5.41) is 2.91. The molecule has 1 heterocycles. The molecule has 3 aromatic rings. The van der Waals surface area contributed by atoms with E-state index < -0.39 is 0 Å². The molecule has 0 unspecified atom stereocenters. The van der Waals surface area contributed by atoms with Crippen LogP contribution in [-0.2, 0) is 17.6 Å². The molecular formula is C19H19N3O2. The first kappa shape index (κ1) is 15.9. The zero-order valence-corrected chi connectivity index (χ0v) is 13.5.